The molecule has 0 aromatic carbocycles. The van der Waals surface area contributed by atoms with E-state index in [2.05, 4.69) is 18.8 Å². The molecule has 1 heterocycles. The quantitative estimate of drug-likeness (QED) is 0.807. The summed E-state index contributed by atoms with van der Waals surface area (Å²) in [7, 11) is 0. The first-order valence-electron chi connectivity index (χ1n) is 4.69. The zero-order chi connectivity index (χ0) is 9.84. The first kappa shape index (κ1) is 10.7. The molecule has 0 spiro atoms. The summed E-state index contributed by atoms with van der Waals surface area (Å²) >= 11 is 1.70. The highest BCUT2D eigenvalue weighted by molar-refractivity contribution is 7.09. The van der Waals surface area contributed by atoms with Gasteiger partial charge in [-0.15, -0.1) is 11.3 Å². The van der Waals surface area contributed by atoms with Crippen molar-refractivity contribution in [2.75, 3.05) is 0 Å². The summed E-state index contributed by atoms with van der Waals surface area (Å²) < 4.78 is 0. The Morgan fingerprint density at radius 2 is 2.08 bits per heavy atom. The van der Waals surface area contributed by atoms with Crippen LogP contribution in [0, 0.1) is 5.92 Å². The Kier molecular flexibility index (Phi) is 3.88. The van der Waals surface area contributed by atoms with Crippen molar-refractivity contribution in [2.24, 2.45) is 5.92 Å². The fourth-order valence-electron chi connectivity index (χ4n) is 1.19. The van der Waals surface area contributed by atoms with E-state index in [1.54, 1.807) is 18.3 Å². The van der Waals surface area contributed by atoms with Gasteiger partial charge < -0.3 is 5.11 Å². The Balaban J connectivity index is 2.53. The number of thiazole rings is 1. The van der Waals surface area contributed by atoms with E-state index in [0.29, 0.717) is 12.3 Å². The van der Waals surface area contributed by atoms with Gasteiger partial charge in [0, 0.05) is 18.2 Å². The van der Waals surface area contributed by atoms with E-state index >= 15 is 0 Å². The second-order valence-electron chi connectivity index (χ2n) is 3.88. The summed E-state index contributed by atoms with van der Waals surface area (Å²) in [5, 5.41) is 12.4. The van der Waals surface area contributed by atoms with Gasteiger partial charge in [0.2, 0.25) is 0 Å². The summed E-state index contributed by atoms with van der Waals surface area (Å²) in [5.74, 6) is 0.658. The maximum atomic E-state index is 9.16. The Bertz CT molecular complexity index is 231. The number of hydrogen-bond acceptors (Lipinski definition) is 3. The van der Waals surface area contributed by atoms with Crippen molar-refractivity contribution in [2.45, 2.75) is 39.7 Å². The molecule has 0 saturated heterocycles. The lowest BCUT2D eigenvalue weighted by molar-refractivity contribution is 0.194. The molecule has 0 radical (unpaired) electrons. The van der Waals surface area contributed by atoms with Crippen LogP contribution in [0.25, 0.3) is 0 Å². The molecule has 0 aliphatic carbocycles. The second-order valence-corrected chi connectivity index (χ2v) is 4.83. The number of hydrogen-bond donors (Lipinski definition) is 1. The van der Waals surface area contributed by atoms with Crippen LogP contribution >= 0.6 is 11.3 Å². The molecule has 13 heavy (non-hydrogen) atoms. The molecule has 2 nitrogen and oxygen atoms in total. The molecule has 0 saturated carbocycles. The second kappa shape index (κ2) is 4.72. The Labute approximate surface area is 83.6 Å². The van der Waals surface area contributed by atoms with Gasteiger partial charge in [0.05, 0.1) is 16.8 Å². The number of aliphatic hydroxyl groups is 1. The molecule has 3 heteroatoms. The van der Waals surface area contributed by atoms with Crippen molar-refractivity contribution in [3.05, 3.63) is 16.1 Å². The van der Waals surface area contributed by atoms with Crippen molar-refractivity contribution >= 4 is 11.3 Å². The van der Waals surface area contributed by atoms with Gasteiger partial charge in [-0.2, -0.15) is 0 Å². The fraction of sp³-hybridized carbons (Fsp3) is 0.700. The smallest absolute Gasteiger partial charge is 0.0930 e. The van der Waals surface area contributed by atoms with Crippen LogP contribution < -0.4 is 0 Å². The molecule has 0 amide bonds. The van der Waals surface area contributed by atoms with Crippen LogP contribution in [0.5, 0.6) is 0 Å². The summed E-state index contributed by atoms with van der Waals surface area (Å²) in [5.41, 5.74) is 1.02. The van der Waals surface area contributed by atoms with Crippen molar-refractivity contribution in [1.29, 1.82) is 0 Å². The molecule has 0 aliphatic rings. The van der Waals surface area contributed by atoms with Crippen LogP contribution in [0.3, 0.4) is 0 Å². The highest BCUT2D eigenvalue weighted by Crippen LogP contribution is 2.15. The van der Waals surface area contributed by atoms with E-state index in [1.165, 1.54) is 5.01 Å². The minimum absolute atomic E-state index is 0.283. The number of aromatic nitrogens is 1. The molecule has 1 N–H and O–H groups in total. The van der Waals surface area contributed by atoms with Gasteiger partial charge in [-0.25, -0.2) is 4.98 Å². The van der Waals surface area contributed by atoms with Crippen molar-refractivity contribution < 1.29 is 5.11 Å². The zero-order valence-electron chi connectivity index (χ0n) is 8.45. The predicted octanol–water partition coefficient (Wildman–Crippen LogP) is 2.26. The van der Waals surface area contributed by atoms with Crippen molar-refractivity contribution in [1.82, 2.24) is 4.98 Å². The van der Waals surface area contributed by atoms with Gasteiger partial charge >= 0.3 is 0 Å². The average Bonchev–Trinajstić information content (AvgIpc) is 2.33. The third kappa shape index (κ3) is 3.87. The van der Waals surface area contributed by atoms with Crippen molar-refractivity contribution in [3.63, 3.8) is 0 Å². The number of nitrogens with zero attached hydrogens (tertiary/aromatic N) is 1. The SMILES string of the molecule is CC(C)Cc1nc(CC(C)O)cs1. The maximum Gasteiger partial charge on any atom is 0.0930 e. The van der Waals surface area contributed by atoms with E-state index in [-0.39, 0.29) is 6.10 Å². The van der Waals surface area contributed by atoms with Crippen LogP contribution in [-0.4, -0.2) is 16.2 Å². The van der Waals surface area contributed by atoms with Gasteiger partial charge in [0.1, 0.15) is 0 Å². The molecular weight excluding hydrogens is 182 g/mol. The molecule has 1 unspecified atom stereocenters. The van der Waals surface area contributed by atoms with Crippen LogP contribution in [-0.2, 0) is 12.8 Å². The normalized spacial score (nSPS) is 13.6. The minimum Gasteiger partial charge on any atom is -0.393 e. The van der Waals surface area contributed by atoms with Gasteiger partial charge in [0.15, 0.2) is 0 Å². The van der Waals surface area contributed by atoms with Gasteiger partial charge in [-0.05, 0) is 12.8 Å². The van der Waals surface area contributed by atoms with E-state index in [9.17, 15) is 0 Å². The van der Waals surface area contributed by atoms with E-state index < -0.39 is 0 Å². The van der Waals surface area contributed by atoms with Crippen LogP contribution in [0.2, 0.25) is 0 Å². The summed E-state index contributed by atoms with van der Waals surface area (Å²) in [6.45, 7) is 6.17. The molecule has 0 fully saturated rings. The first-order chi connectivity index (χ1) is 6.08. The van der Waals surface area contributed by atoms with Gasteiger partial charge in [-0.3, -0.25) is 0 Å². The summed E-state index contributed by atoms with van der Waals surface area (Å²) in [4.78, 5) is 4.45. The molecule has 0 bridgehead atoms. The molecule has 1 rings (SSSR count). The molecule has 74 valence electrons. The molecule has 1 aromatic heterocycles. The largest absolute Gasteiger partial charge is 0.393 e. The zero-order valence-corrected chi connectivity index (χ0v) is 9.27. The van der Waals surface area contributed by atoms with Crippen LogP contribution in [0.15, 0.2) is 5.38 Å². The standard InChI is InChI=1S/C10H17NOS/c1-7(2)4-10-11-9(6-13-10)5-8(3)12/h6-8,12H,4-5H2,1-3H3. The monoisotopic (exact) mass is 199 g/mol. The van der Waals surface area contributed by atoms with Crippen LogP contribution in [0.4, 0.5) is 0 Å². The average molecular weight is 199 g/mol. The predicted molar refractivity (Wildman–Crippen MR) is 56.0 cm³/mol. The molecule has 1 atom stereocenters. The summed E-state index contributed by atoms with van der Waals surface area (Å²) in [6, 6.07) is 0. The Morgan fingerprint density at radius 3 is 2.62 bits per heavy atom. The van der Waals surface area contributed by atoms with E-state index in [0.717, 1.165) is 12.1 Å². The first-order valence-corrected chi connectivity index (χ1v) is 5.57. The highest BCUT2D eigenvalue weighted by atomic mass is 32.1. The summed E-state index contributed by atoms with van der Waals surface area (Å²) in [6.07, 6.45) is 1.44. The van der Waals surface area contributed by atoms with Gasteiger partial charge in [-0.1, -0.05) is 13.8 Å². The molecule has 0 aliphatic heterocycles. The van der Waals surface area contributed by atoms with Crippen molar-refractivity contribution in [3.8, 4) is 0 Å². The molecule has 1 aromatic rings. The fourth-order valence-corrected chi connectivity index (χ4v) is 2.21. The van der Waals surface area contributed by atoms with E-state index in [4.69, 9.17) is 5.11 Å². The topological polar surface area (TPSA) is 33.1 Å². The van der Waals surface area contributed by atoms with Crippen LogP contribution in [0.1, 0.15) is 31.5 Å². The number of aliphatic hydroxyl groups excluding tert-OH is 1. The Morgan fingerprint density at radius 1 is 1.38 bits per heavy atom. The minimum atomic E-state index is -0.283. The third-order valence-corrected chi connectivity index (χ3v) is 2.61. The lowest BCUT2D eigenvalue weighted by Gasteiger charge is -2.00. The molecular formula is C10H17NOS. The van der Waals surface area contributed by atoms with Gasteiger partial charge in [0.25, 0.3) is 0 Å². The third-order valence-electron chi connectivity index (χ3n) is 1.69. The van der Waals surface area contributed by atoms with E-state index in [1.807, 2.05) is 5.38 Å². The highest BCUT2D eigenvalue weighted by Gasteiger charge is 2.06. The lowest BCUT2D eigenvalue weighted by atomic mass is 10.1. The lowest BCUT2D eigenvalue weighted by Crippen LogP contribution is -2.04. The Hall–Kier alpha value is -0.410. The maximum absolute atomic E-state index is 9.16. The number of rotatable bonds is 4.